The van der Waals surface area contributed by atoms with Crippen molar-refractivity contribution in [2.75, 3.05) is 0 Å². The summed E-state index contributed by atoms with van der Waals surface area (Å²) in [7, 11) is 0. The normalized spacial score (nSPS) is 20.6. The van der Waals surface area contributed by atoms with E-state index in [4.69, 9.17) is 0 Å². The van der Waals surface area contributed by atoms with Gasteiger partial charge in [0, 0.05) is 22.3 Å². The van der Waals surface area contributed by atoms with Gasteiger partial charge in [-0.3, -0.25) is 4.79 Å². The second-order valence-electron chi connectivity index (χ2n) is 8.91. The molecule has 5 nitrogen and oxygen atoms in total. The Morgan fingerprint density at radius 3 is 1.37 bits per heavy atom. The maximum Gasteiger partial charge on any atom is 0.194 e. The van der Waals surface area contributed by atoms with Gasteiger partial charge in [0.2, 0.25) is 0 Å². The molecule has 0 bridgehead atoms. The molecule has 5 heteroatoms. The summed E-state index contributed by atoms with van der Waals surface area (Å²) in [5.74, 6) is -0.587. The molecular weight excluding hydrogens is 380 g/mol. The second kappa shape index (κ2) is 8.05. The minimum atomic E-state index is -1.26. The summed E-state index contributed by atoms with van der Waals surface area (Å²) in [5.41, 5.74) is -1.53. The van der Waals surface area contributed by atoms with Crippen LogP contribution in [0, 0.1) is 0 Å². The molecule has 0 saturated heterocycles. The Bertz CT molecular complexity index is 861. The number of benzene rings is 2. The highest BCUT2D eigenvalue weighted by Crippen LogP contribution is 2.46. The topological polar surface area (TPSA) is 98.0 Å². The third-order valence-electron chi connectivity index (χ3n) is 6.87. The lowest BCUT2D eigenvalue weighted by atomic mass is 9.74. The molecule has 2 fully saturated rings. The predicted octanol–water partition coefficient (Wildman–Crippen LogP) is 4.63. The van der Waals surface area contributed by atoms with Crippen LogP contribution < -0.4 is 0 Å². The first-order valence-electron chi connectivity index (χ1n) is 11.0. The molecule has 160 valence electrons. The number of rotatable bonds is 4. The molecule has 2 aromatic rings. The summed E-state index contributed by atoms with van der Waals surface area (Å²) in [5, 5.41) is 43.9. The van der Waals surface area contributed by atoms with Gasteiger partial charge in [-0.05, 0) is 37.8 Å². The van der Waals surface area contributed by atoms with Gasteiger partial charge in [0.1, 0.15) is 11.5 Å². The van der Waals surface area contributed by atoms with Crippen LogP contribution in [0.15, 0.2) is 36.4 Å². The van der Waals surface area contributed by atoms with E-state index in [-0.39, 0.29) is 33.8 Å². The van der Waals surface area contributed by atoms with Crippen molar-refractivity contribution in [2.24, 2.45) is 0 Å². The lowest BCUT2D eigenvalue weighted by Crippen LogP contribution is -2.32. The first-order chi connectivity index (χ1) is 14.4. The molecular formula is C25H30O5. The Kier molecular flexibility index (Phi) is 5.60. The molecule has 0 amide bonds. The average molecular weight is 411 g/mol. The first kappa shape index (κ1) is 20.9. The van der Waals surface area contributed by atoms with Crippen molar-refractivity contribution in [3.8, 4) is 11.5 Å². The largest absolute Gasteiger partial charge is 0.508 e. The number of aliphatic hydroxyl groups is 2. The molecule has 30 heavy (non-hydrogen) atoms. The number of carbonyl (C=O) groups is 1. The Morgan fingerprint density at radius 1 is 0.633 bits per heavy atom. The van der Waals surface area contributed by atoms with E-state index >= 15 is 0 Å². The van der Waals surface area contributed by atoms with Crippen molar-refractivity contribution >= 4 is 5.78 Å². The number of hydrogen-bond acceptors (Lipinski definition) is 5. The van der Waals surface area contributed by atoms with Gasteiger partial charge in [0.15, 0.2) is 5.78 Å². The fourth-order valence-electron chi connectivity index (χ4n) is 5.36. The van der Waals surface area contributed by atoms with Gasteiger partial charge in [-0.2, -0.15) is 0 Å². The molecule has 2 aliphatic carbocycles. The molecule has 0 unspecified atom stereocenters. The molecule has 2 aromatic carbocycles. The standard InChI is InChI=1S/C25H30O5/c26-19-11-7-9-17(21(19)24(29)13-3-1-4-14-24)23(28)18-10-8-12-20(27)22(18)25(30)15-5-2-6-16-25/h7-12,26-27,29-30H,1-6,13-16H2. The van der Waals surface area contributed by atoms with Crippen LogP contribution in [0.1, 0.15) is 91.3 Å². The molecule has 2 aliphatic rings. The van der Waals surface area contributed by atoms with Gasteiger partial charge in [0.25, 0.3) is 0 Å². The molecule has 0 aromatic heterocycles. The van der Waals surface area contributed by atoms with E-state index in [0.717, 1.165) is 38.5 Å². The van der Waals surface area contributed by atoms with Crippen molar-refractivity contribution in [2.45, 2.75) is 75.4 Å². The van der Waals surface area contributed by atoms with Gasteiger partial charge in [-0.15, -0.1) is 0 Å². The van der Waals surface area contributed by atoms with Crippen LogP contribution in [0.3, 0.4) is 0 Å². The zero-order valence-corrected chi connectivity index (χ0v) is 17.2. The van der Waals surface area contributed by atoms with Crippen molar-refractivity contribution < 1.29 is 25.2 Å². The summed E-state index contributed by atoms with van der Waals surface area (Å²) in [4.78, 5) is 13.7. The van der Waals surface area contributed by atoms with Gasteiger partial charge < -0.3 is 20.4 Å². The lowest BCUT2D eigenvalue weighted by Gasteiger charge is -2.35. The Balaban J connectivity index is 1.84. The highest BCUT2D eigenvalue weighted by molar-refractivity contribution is 6.11. The minimum Gasteiger partial charge on any atom is -0.508 e. The molecule has 4 rings (SSSR count). The quantitative estimate of drug-likeness (QED) is 0.551. The van der Waals surface area contributed by atoms with Crippen LogP contribution >= 0.6 is 0 Å². The number of ketones is 1. The van der Waals surface area contributed by atoms with Gasteiger partial charge in [0.05, 0.1) is 11.2 Å². The van der Waals surface area contributed by atoms with Crippen LogP contribution in [-0.2, 0) is 11.2 Å². The van der Waals surface area contributed by atoms with E-state index in [1.54, 1.807) is 24.3 Å². The van der Waals surface area contributed by atoms with E-state index in [2.05, 4.69) is 0 Å². The van der Waals surface area contributed by atoms with Crippen molar-refractivity contribution in [1.29, 1.82) is 0 Å². The van der Waals surface area contributed by atoms with Crippen LogP contribution in [0.2, 0.25) is 0 Å². The summed E-state index contributed by atoms with van der Waals surface area (Å²) >= 11 is 0. The molecule has 0 spiro atoms. The van der Waals surface area contributed by atoms with Gasteiger partial charge in [-0.1, -0.05) is 62.8 Å². The lowest BCUT2D eigenvalue weighted by molar-refractivity contribution is -0.00373. The number of phenolic OH excluding ortho intramolecular Hbond substituents is 2. The summed E-state index contributed by atoms with van der Waals surface area (Å²) < 4.78 is 0. The first-order valence-corrected chi connectivity index (χ1v) is 11.0. The number of hydrogen-bond donors (Lipinski definition) is 4. The van der Waals surface area contributed by atoms with Gasteiger partial charge in [-0.25, -0.2) is 0 Å². The molecule has 2 saturated carbocycles. The molecule has 4 N–H and O–H groups in total. The average Bonchev–Trinajstić information content (AvgIpc) is 2.73. The maximum absolute atomic E-state index is 13.7. The fraction of sp³-hybridized carbons (Fsp3) is 0.480. The molecule has 0 aliphatic heterocycles. The number of aromatic hydroxyl groups is 2. The molecule has 0 atom stereocenters. The van der Waals surface area contributed by atoms with Crippen molar-refractivity contribution in [3.63, 3.8) is 0 Å². The zero-order chi connectivity index (χ0) is 21.4. The molecule has 0 radical (unpaired) electrons. The van der Waals surface area contributed by atoms with E-state index < -0.39 is 17.0 Å². The van der Waals surface area contributed by atoms with Gasteiger partial charge >= 0.3 is 0 Å². The Hall–Kier alpha value is -2.37. The van der Waals surface area contributed by atoms with Crippen molar-refractivity contribution in [3.05, 3.63) is 58.7 Å². The second-order valence-corrected chi connectivity index (χ2v) is 8.91. The number of phenols is 2. The van der Waals surface area contributed by atoms with E-state index in [1.165, 1.54) is 12.1 Å². The van der Waals surface area contributed by atoms with E-state index in [1.807, 2.05) is 0 Å². The van der Waals surface area contributed by atoms with Crippen molar-refractivity contribution in [1.82, 2.24) is 0 Å². The highest BCUT2D eigenvalue weighted by atomic mass is 16.3. The van der Waals surface area contributed by atoms with Crippen LogP contribution in [0.4, 0.5) is 0 Å². The van der Waals surface area contributed by atoms with Crippen LogP contribution in [0.25, 0.3) is 0 Å². The van der Waals surface area contributed by atoms with Crippen LogP contribution in [-0.4, -0.2) is 26.2 Å². The van der Waals surface area contributed by atoms with Crippen LogP contribution in [0.5, 0.6) is 11.5 Å². The third kappa shape index (κ3) is 3.61. The van der Waals surface area contributed by atoms with E-state index in [0.29, 0.717) is 25.7 Å². The minimum absolute atomic E-state index is 0.0941. The smallest absolute Gasteiger partial charge is 0.194 e. The summed E-state index contributed by atoms with van der Waals surface area (Å²) in [6.45, 7) is 0. The summed E-state index contributed by atoms with van der Waals surface area (Å²) in [6.07, 6.45) is 7.30. The Morgan fingerprint density at radius 2 is 1.00 bits per heavy atom. The molecule has 0 heterocycles. The highest BCUT2D eigenvalue weighted by Gasteiger charge is 2.40. The van der Waals surface area contributed by atoms with E-state index in [9.17, 15) is 25.2 Å². The zero-order valence-electron chi connectivity index (χ0n) is 17.2. The fourth-order valence-corrected chi connectivity index (χ4v) is 5.36. The SMILES string of the molecule is O=C(c1cccc(O)c1C1(O)CCCCC1)c1cccc(O)c1C1(O)CCCCC1. The predicted molar refractivity (Wildman–Crippen MR) is 114 cm³/mol. The maximum atomic E-state index is 13.7. The Labute approximate surface area is 177 Å². The monoisotopic (exact) mass is 410 g/mol. The number of carbonyl (C=O) groups excluding carboxylic acids is 1. The summed E-state index contributed by atoms with van der Waals surface area (Å²) in [6, 6.07) is 9.41. The third-order valence-corrected chi connectivity index (χ3v) is 6.87.